The van der Waals surface area contributed by atoms with Crippen LogP contribution in [0.3, 0.4) is 0 Å². The lowest BCUT2D eigenvalue weighted by atomic mass is 10.1. The molecule has 1 amide bonds. The van der Waals surface area contributed by atoms with Gasteiger partial charge in [0.2, 0.25) is 5.91 Å². The topological polar surface area (TPSA) is 59.0 Å². The van der Waals surface area contributed by atoms with Gasteiger partial charge >= 0.3 is 0 Å². The summed E-state index contributed by atoms with van der Waals surface area (Å²) in [5.41, 5.74) is 3.12. The number of piperidine rings is 1. The van der Waals surface area contributed by atoms with Crippen molar-refractivity contribution < 1.29 is 4.79 Å². The van der Waals surface area contributed by atoms with E-state index < -0.39 is 0 Å². The highest BCUT2D eigenvalue weighted by molar-refractivity contribution is 5.85. The van der Waals surface area contributed by atoms with E-state index in [1.54, 1.807) is 0 Å². The number of imidazole rings is 1. The van der Waals surface area contributed by atoms with Crippen molar-refractivity contribution in [1.82, 2.24) is 20.2 Å². The minimum Gasteiger partial charge on any atom is -0.353 e. The van der Waals surface area contributed by atoms with Crippen molar-refractivity contribution in [3.8, 4) is 5.69 Å². The van der Waals surface area contributed by atoms with E-state index in [1.807, 2.05) is 36.4 Å². The Kier molecular flexibility index (Phi) is 6.48. The third-order valence-corrected chi connectivity index (χ3v) is 4.92. The minimum absolute atomic E-state index is 0. The number of amides is 1. The van der Waals surface area contributed by atoms with Crippen molar-refractivity contribution in [3.05, 3.63) is 60.4 Å². The van der Waals surface area contributed by atoms with Crippen LogP contribution in [0.15, 0.2) is 54.6 Å². The molecule has 0 aliphatic carbocycles. The molecule has 5 nitrogen and oxygen atoms in total. The van der Waals surface area contributed by atoms with Crippen LogP contribution in [0.25, 0.3) is 16.7 Å². The first kappa shape index (κ1) is 19.4. The van der Waals surface area contributed by atoms with Gasteiger partial charge in [0.1, 0.15) is 5.82 Å². The lowest BCUT2D eigenvalue weighted by Crippen LogP contribution is -2.42. The number of halogens is 1. The second-order valence-electron chi connectivity index (χ2n) is 6.78. The molecule has 0 spiro atoms. The molecule has 1 fully saturated rings. The van der Waals surface area contributed by atoms with Crippen LogP contribution in [0.2, 0.25) is 0 Å². The highest BCUT2D eigenvalue weighted by atomic mass is 35.5. The van der Waals surface area contributed by atoms with Crippen molar-refractivity contribution in [2.75, 3.05) is 13.1 Å². The second kappa shape index (κ2) is 9.02. The molecule has 0 unspecified atom stereocenters. The van der Waals surface area contributed by atoms with Crippen molar-refractivity contribution in [1.29, 1.82) is 0 Å². The van der Waals surface area contributed by atoms with Crippen LogP contribution in [0.5, 0.6) is 0 Å². The molecule has 1 aliphatic heterocycles. The fourth-order valence-electron chi connectivity index (χ4n) is 3.60. The summed E-state index contributed by atoms with van der Waals surface area (Å²) in [7, 11) is 0. The van der Waals surface area contributed by atoms with Gasteiger partial charge in [-0.15, -0.1) is 12.4 Å². The summed E-state index contributed by atoms with van der Waals surface area (Å²) >= 11 is 0. The van der Waals surface area contributed by atoms with E-state index in [2.05, 4.69) is 33.4 Å². The van der Waals surface area contributed by atoms with Crippen LogP contribution in [-0.4, -0.2) is 34.6 Å². The summed E-state index contributed by atoms with van der Waals surface area (Å²) in [5.74, 6) is 1.04. The lowest BCUT2D eigenvalue weighted by Gasteiger charge is -2.23. The molecule has 142 valence electrons. The van der Waals surface area contributed by atoms with Crippen LogP contribution in [0.1, 0.15) is 25.1 Å². The smallest absolute Gasteiger partial charge is 0.220 e. The highest BCUT2D eigenvalue weighted by Crippen LogP contribution is 2.22. The van der Waals surface area contributed by atoms with E-state index in [9.17, 15) is 4.79 Å². The van der Waals surface area contributed by atoms with Crippen molar-refractivity contribution in [2.24, 2.45) is 0 Å². The Morgan fingerprint density at radius 2 is 1.78 bits per heavy atom. The van der Waals surface area contributed by atoms with Crippen molar-refractivity contribution in [2.45, 2.75) is 31.7 Å². The van der Waals surface area contributed by atoms with E-state index in [0.29, 0.717) is 18.9 Å². The number of nitrogens with one attached hydrogen (secondary N) is 2. The summed E-state index contributed by atoms with van der Waals surface area (Å²) in [6, 6.07) is 18.6. The zero-order valence-electron chi connectivity index (χ0n) is 15.2. The number of rotatable bonds is 5. The van der Waals surface area contributed by atoms with Gasteiger partial charge in [0.05, 0.1) is 11.0 Å². The van der Waals surface area contributed by atoms with Crippen LogP contribution < -0.4 is 10.6 Å². The first-order chi connectivity index (χ1) is 12.8. The molecular weight excluding hydrogens is 360 g/mol. The molecule has 3 aromatic rings. The summed E-state index contributed by atoms with van der Waals surface area (Å²) in [6.45, 7) is 1.96. The maximum atomic E-state index is 12.4. The number of aromatic nitrogens is 2. The summed E-state index contributed by atoms with van der Waals surface area (Å²) < 4.78 is 2.16. The van der Waals surface area contributed by atoms with Gasteiger partial charge in [0, 0.05) is 24.6 Å². The fraction of sp³-hybridized carbons (Fsp3) is 0.333. The van der Waals surface area contributed by atoms with E-state index in [-0.39, 0.29) is 18.3 Å². The quantitative estimate of drug-likeness (QED) is 0.710. The first-order valence-electron chi connectivity index (χ1n) is 9.33. The third kappa shape index (κ3) is 4.49. The predicted octanol–water partition coefficient (Wildman–Crippen LogP) is 3.25. The van der Waals surface area contributed by atoms with Crippen LogP contribution in [0, 0.1) is 0 Å². The van der Waals surface area contributed by atoms with Gasteiger partial charge in [0.25, 0.3) is 0 Å². The van der Waals surface area contributed by atoms with E-state index in [0.717, 1.165) is 48.5 Å². The van der Waals surface area contributed by atoms with Gasteiger partial charge in [-0.2, -0.15) is 0 Å². The molecule has 0 saturated carbocycles. The Morgan fingerprint density at radius 3 is 2.56 bits per heavy atom. The van der Waals surface area contributed by atoms with Gasteiger partial charge in [-0.05, 0) is 50.2 Å². The number of hydrogen-bond donors (Lipinski definition) is 2. The minimum atomic E-state index is 0. The highest BCUT2D eigenvalue weighted by Gasteiger charge is 2.17. The lowest BCUT2D eigenvalue weighted by molar-refractivity contribution is -0.121. The summed E-state index contributed by atoms with van der Waals surface area (Å²) in [4.78, 5) is 17.2. The predicted molar refractivity (Wildman–Crippen MR) is 111 cm³/mol. The standard InChI is InChI=1S/C21H24N4O.ClH/c26-21(23-16-12-14-22-15-13-16)11-10-20-24-18-8-4-5-9-19(18)25(20)17-6-2-1-3-7-17;/h1-9,16,22H,10-15H2,(H,23,26);1H. The molecule has 0 radical (unpaired) electrons. The molecule has 0 bridgehead atoms. The third-order valence-electron chi connectivity index (χ3n) is 4.92. The Bertz CT molecular complexity index is 888. The molecule has 1 aliphatic rings. The number of benzene rings is 2. The Balaban J connectivity index is 0.00000210. The number of aryl methyl sites for hydroxylation is 1. The van der Waals surface area contributed by atoms with E-state index >= 15 is 0 Å². The van der Waals surface area contributed by atoms with Crippen LogP contribution in [-0.2, 0) is 11.2 Å². The Hall–Kier alpha value is -2.37. The maximum absolute atomic E-state index is 12.4. The average Bonchev–Trinajstić information content (AvgIpc) is 3.06. The molecule has 27 heavy (non-hydrogen) atoms. The van der Waals surface area contributed by atoms with Crippen molar-refractivity contribution in [3.63, 3.8) is 0 Å². The summed E-state index contributed by atoms with van der Waals surface area (Å²) in [6.07, 6.45) is 3.10. The molecule has 6 heteroatoms. The number of carbonyl (C=O) groups excluding carboxylic acids is 1. The van der Waals surface area contributed by atoms with Gasteiger partial charge in [-0.1, -0.05) is 30.3 Å². The zero-order valence-corrected chi connectivity index (χ0v) is 16.0. The second-order valence-corrected chi connectivity index (χ2v) is 6.78. The number of hydrogen-bond acceptors (Lipinski definition) is 3. The zero-order chi connectivity index (χ0) is 17.8. The molecule has 2 heterocycles. The van der Waals surface area contributed by atoms with E-state index in [4.69, 9.17) is 4.98 Å². The Morgan fingerprint density at radius 1 is 1.07 bits per heavy atom. The number of carbonyl (C=O) groups is 1. The Labute approximate surface area is 165 Å². The van der Waals surface area contributed by atoms with Gasteiger partial charge in [-0.25, -0.2) is 4.98 Å². The molecule has 0 atom stereocenters. The summed E-state index contributed by atoms with van der Waals surface area (Å²) in [5, 5.41) is 6.49. The molecular formula is C21H25ClN4O. The van der Waals surface area contributed by atoms with Crippen molar-refractivity contribution >= 4 is 29.3 Å². The molecule has 1 saturated heterocycles. The van der Waals surface area contributed by atoms with Gasteiger partial charge < -0.3 is 10.6 Å². The molecule has 2 N–H and O–H groups in total. The molecule has 1 aromatic heterocycles. The average molecular weight is 385 g/mol. The number of fused-ring (bicyclic) bond motifs is 1. The molecule has 2 aromatic carbocycles. The largest absolute Gasteiger partial charge is 0.353 e. The maximum Gasteiger partial charge on any atom is 0.220 e. The van der Waals surface area contributed by atoms with Crippen LogP contribution >= 0.6 is 12.4 Å². The monoisotopic (exact) mass is 384 g/mol. The number of para-hydroxylation sites is 3. The fourth-order valence-corrected chi connectivity index (χ4v) is 3.60. The normalized spacial score (nSPS) is 14.7. The number of nitrogens with zero attached hydrogens (tertiary/aromatic N) is 2. The van der Waals surface area contributed by atoms with Gasteiger partial charge in [0.15, 0.2) is 0 Å². The van der Waals surface area contributed by atoms with Crippen LogP contribution in [0.4, 0.5) is 0 Å². The SMILES string of the molecule is Cl.O=C(CCc1nc2ccccc2n1-c1ccccc1)NC1CCNCC1. The molecule has 4 rings (SSSR count). The van der Waals surface area contributed by atoms with E-state index in [1.165, 1.54) is 0 Å². The van der Waals surface area contributed by atoms with Gasteiger partial charge in [-0.3, -0.25) is 9.36 Å². The first-order valence-corrected chi connectivity index (χ1v) is 9.33.